The van der Waals surface area contributed by atoms with Gasteiger partial charge in [0.25, 0.3) is 11.5 Å². The Hall–Kier alpha value is -3.16. The molecule has 0 radical (unpaired) electrons. The maximum atomic E-state index is 13.3. The highest BCUT2D eigenvalue weighted by Gasteiger charge is 2.25. The predicted octanol–water partition coefficient (Wildman–Crippen LogP) is 4.45. The predicted molar refractivity (Wildman–Crippen MR) is 125 cm³/mol. The summed E-state index contributed by atoms with van der Waals surface area (Å²) < 4.78 is 1.56. The number of carbonyl (C=O) groups excluding carboxylic acids is 1. The molecule has 0 saturated heterocycles. The number of rotatable bonds is 6. The fourth-order valence-corrected chi connectivity index (χ4v) is 4.08. The fourth-order valence-electron chi connectivity index (χ4n) is 3.56. The zero-order valence-electron chi connectivity index (χ0n) is 17.6. The second kappa shape index (κ2) is 9.14. The van der Waals surface area contributed by atoms with E-state index in [4.69, 9.17) is 23.2 Å². The summed E-state index contributed by atoms with van der Waals surface area (Å²) in [5.41, 5.74) is 2.03. The van der Waals surface area contributed by atoms with Crippen LogP contribution in [0.4, 0.5) is 0 Å². The number of aromatic nitrogens is 4. The first kappa shape index (κ1) is 22.0. The first-order valence-corrected chi connectivity index (χ1v) is 10.9. The number of benzene rings is 2. The highest BCUT2D eigenvalue weighted by atomic mass is 35.5. The van der Waals surface area contributed by atoms with Crippen molar-refractivity contribution in [2.75, 3.05) is 6.54 Å². The first-order chi connectivity index (χ1) is 15.4. The van der Waals surface area contributed by atoms with E-state index < -0.39 is 0 Å². The number of H-pyrrole nitrogens is 1. The van der Waals surface area contributed by atoms with Crippen LogP contribution in [-0.2, 0) is 13.1 Å². The van der Waals surface area contributed by atoms with Crippen molar-refractivity contribution in [1.82, 2.24) is 24.6 Å². The lowest BCUT2D eigenvalue weighted by molar-refractivity contribution is 0.0748. The second-order valence-electron chi connectivity index (χ2n) is 7.35. The summed E-state index contributed by atoms with van der Waals surface area (Å²) in [6.45, 7) is 4.49. The molecule has 0 spiro atoms. The molecular weight excluding hydrogens is 449 g/mol. The average Bonchev–Trinajstić information content (AvgIpc) is 3.06. The summed E-state index contributed by atoms with van der Waals surface area (Å²) in [7, 11) is 0. The van der Waals surface area contributed by atoms with Gasteiger partial charge in [-0.2, -0.15) is 5.10 Å². The summed E-state index contributed by atoms with van der Waals surface area (Å²) in [6, 6.07) is 14.5. The Bertz CT molecular complexity index is 1360. The molecule has 0 aliphatic heterocycles. The second-order valence-corrected chi connectivity index (χ2v) is 8.11. The van der Waals surface area contributed by atoms with Crippen LogP contribution in [0.25, 0.3) is 10.9 Å². The van der Waals surface area contributed by atoms with Crippen molar-refractivity contribution in [1.29, 1.82) is 0 Å². The molecule has 4 rings (SSSR count). The maximum Gasteiger partial charge on any atom is 0.259 e. The molecule has 9 heteroatoms. The third-order valence-electron chi connectivity index (χ3n) is 5.23. The smallest absolute Gasteiger partial charge is 0.259 e. The number of aryl methyl sites for hydroxylation is 1. The van der Waals surface area contributed by atoms with Crippen LogP contribution >= 0.6 is 23.2 Å². The minimum absolute atomic E-state index is 0.140. The third-order valence-corrected chi connectivity index (χ3v) is 5.98. The topological polar surface area (TPSA) is 83.9 Å². The lowest BCUT2D eigenvalue weighted by Gasteiger charge is -2.20. The first-order valence-electron chi connectivity index (χ1n) is 10.1. The lowest BCUT2D eigenvalue weighted by atomic mass is 10.2. The Labute approximate surface area is 194 Å². The Morgan fingerprint density at radius 3 is 2.59 bits per heavy atom. The summed E-state index contributed by atoms with van der Waals surface area (Å²) in [5, 5.41) is 5.80. The SMILES string of the molecule is CCN(Cc1nc2ccccc2c(=O)[nH]1)C(=O)c1c(C)nn(Cc2ccccc2Cl)c1Cl. The van der Waals surface area contributed by atoms with Gasteiger partial charge in [-0.05, 0) is 37.6 Å². The van der Waals surface area contributed by atoms with E-state index in [1.807, 2.05) is 31.2 Å². The number of aromatic amines is 1. The summed E-state index contributed by atoms with van der Waals surface area (Å²) in [6.07, 6.45) is 0. The molecular formula is C23H21Cl2N5O2. The molecule has 0 aliphatic rings. The van der Waals surface area contributed by atoms with Crippen LogP contribution in [0.1, 0.15) is 34.4 Å². The number of amides is 1. The molecule has 0 atom stereocenters. The zero-order valence-corrected chi connectivity index (χ0v) is 19.1. The number of nitrogens with zero attached hydrogens (tertiary/aromatic N) is 4. The van der Waals surface area contributed by atoms with Gasteiger partial charge in [0.15, 0.2) is 0 Å². The van der Waals surface area contributed by atoms with Gasteiger partial charge in [-0.25, -0.2) is 9.67 Å². The van der Waals surface area contributed by atoms with Crippen molar-refractivity contribution in [2.45, 2.75) is 26.9 Å². The molecule has 0 bridgehead atoms. The molecule has 7 nitrogen and oxygen atoms in total. The van der Waals surface area contributed by atoms with Crippen molar-refractivity contribution in [3.05, 3.63) is 91.7 Å². The van der Waals surface area contributed by atoms with E-state index in [1.165, 1.54) is 0 Å². The normalized spacial score (nSPS) is 11.1. The Balaban J connectivity index is 1.62. The number of fused-ring (bicyclic) bond motifs is 1. The third kappa shape index (κ3) is 4.26. The van der Waals surface area contributed by atoms with Crippen LogP contribution in [0.15, 0.2) is 53.3 Å². The maximum absolute atomic E-state index is 13.3. The van der Waals surface area contributed by atoms with E-state index >= 15 is 0 Å². The molecule has 0 fully saturated rings. The molecule has 0 aliphatic carbocycles. The fraction of sp³-hybridized carbons (Fsp3) is 0.217. The molecule has 0 saturated carbocycles. The molecule has 2 aromatic carbocycles. The van der Waals surface area contributed by atoms with Crippen molar-refractivity contribution in [3.8, 4) is 0 Å². The number of hydrogen-bond acceptors (Lipinski definition) is 4. The summed E-state index contributed by atoms with van der Waals surface area (Å²) in [4.78, 5) is 34.6. The molecule has 32 heavy (non-hydrogen) atoms. The van der Waals surface area contributed by atoms with Gasteiger partial charge in [-0.1, -0.05) is 53.5 Å². The highest BCUT2D eigenvalue weighted by Crippen LogP contribution is 2.25. The van der Waals surface area contributed by atoms with Gasteiger partial charge in [-0.3, -0.25) is 9.59 Å². The molecule has 0 unspecified atom stereocenters. The number of hydrogen-bond donors (Lipinski definition) is 1. The van der Waals surface area contributed by atoms with Crippen LogP contribution in [0.2, 0.25) is 10.2 Å². The number of halogens is 2. The molecule has 1 amide bonds. The molecule has 2 heterocycles. The largest absolute Gasteiger partial charge is 0.331 e. The quantitative estimate of drug-likeness (QED) is 0.452. The van der Waals surface area contributed by atoms with E-state index in [2.05, 4.69) is 15.1 Å². The summed E-state index contributed by atoms with van der Waals surface area (Å²) in [5.74, 6) is 0.123. The lowest BCUT2D eigenvalue weighted by Crippen LogP contribution is -2.32. The van der Waals surface area contributed by atoms with Crippen LogP contribution in [0.3, 0.4) is 0 Å². The minimum Gasteiger partial charge on any atom is -0.331 e. The van der Waals surface area contributed by atoms with Crippen molar-refractivity contribution < 1.29 is 4.79 Å². The van der Waals surface area contributed by atoms with Crippen molar-refractivity contribution in [3.63, 3.8) is 0 Å². The van der Waals surface area contributed by atoms with Crippen LogP contribution in [-0.4, -0.2) is 37.1 Å². The Kier molecular flexibility index (Phi) is 6.30. The van der Waals surface area contributed by atoms with E-state index in [0.717, 1.165) is 5.56 Å². The van der Waals surface area contributed by atoms with E-state index in [1.54, 1.807) is 40.8 Å². The van der Waals surface area contributed by atoms with E-state index in [9.17, 15) is 9.59 Å². The average molecular weight is 470 g/mol. The number of nitrogens with one attached hydrogen (secondary N) is 1. The van der Waals surface area contributed by atoms with E-state index in [-0.39, 0.29) is 23.2 Å². The van der Waals surface area contributed by atoms with Crippen molar-refractivity contribution >= 4 is 40.0 Å². The highest BCUT2D eigenvalue weighted by molar-refractivity contribution is 6.33. The van der Waals surface area contributed by atoms with Crippen LogP contribution in [0, 0.1) is 6.92 Å². The Morgan fingerprint density at radius 1 is 1.12 bits per heavy atom. The van der Waals surface area contributed by atoms with Gasteiger partial charge in [0.05, 0.1) is 35.2 Å². The summed E-state index contributed by atoms with van der Waals surface area (Å²) >= 11 is 12.8. The monoisotopic (exact) mass is 469 g/mol. The molecule has 1 N–H and O–H groups in total. The van der Waals surface area contributed by atoms with Gasteiger partial charge in [0.1, 0.15) is 11.0 Å². The van der Waals surface area contributed by atoms with Crippen LogP contribution < -0.4 is 5.56 Å². The van der Waals surface area contributed by atoms with Gasteiger partial charge in [0, 0.05) is 11.6 Å². The van der Waals surface area contributed by atoms with E-state index in [0.29, 0.717) is 46.1 Å². The van der Waals surface area contributed by atoms with Gasteiger partial charge < -0.3 is 9.88 Å². The number of para-hydroxylation sites is 1. The van der Waals surface area contributed by atoms with Crippen LogP contribution in [0.5, 0.6) is 0 Å². The van der Waals surface area contributed by atoms with Gasteiger partial charge >= 0.3 is 0 Å². The number of carbonyl (C=O) groups is 1. The van der Waals surface area contributed by atoms with Gasteiger partial charge in [-0.15, -0.1) is 0 Å². The standard InChI is InChI=1S/C23H21Cl2N5O2/c1-3-29(13-19-26-18-11-7-5-9-16(18)22(31)27-19)23(32)20-14(2)28-30(21(20)25)12-15-8-4-6-10-17(15)24/h4-11H,3,12-13H2,1-2H3,(H,26,27,31). The Morgan fingerprint density at radius 2 is 1.84 bits per heavy atom. The zero-order chi connectivity index (χ0) is 22.8. The minimum atomic E-state index is -0.281. The molecule has 2 aromatic heterocycles. The van der Waals surface area contributed by atoms with Gasteiger partial charge in [0.2, 0.25) is 0 Å². The van der Waals surface area contributed by atoms with Crippen molar-refractivity contribution in [2.24, 2.45) is 0 Å². The molecule has 4 aromatic rings. The molecule has 164 valence electrons.